The Labute approximate surface area is 197 Å². The number of rotatable bonds is 12. The second-order valence-corrected chi connectivity index (χ2v) is 9.49. The number of hydrogen-bond donors (Lipinski definition) is 0. The summed E-state index contributed by atoms with van der Waals surface area (Å²) in [5, 5.41) is 0.561. The van der Waals surface area contributed by atoms with E-state index in [4.69, 9.17) is 13.9 Å². The molecule has 1 aromatic heterocycles. The van der Waals surface area contributed by atoms with Crippen LogP contribution in [-0.2, 0) is 15.9 Å². The molecule has 7 heteroatoms. The number of carbonyl (C=O) groups excluding carboxylic acids is 1. The second-order valence-electron chi connectivity index (χ2n) is 8.15. The molecule has 0 aliphatic carbocycles. The minimum atomic E-state index is -1.38. The fourth-order valence-electron chi connectivity index (χ4n) is 3.65. The first-order valence-corrected chi connectivity index (χ1v) is 13.2. The fourth-order valence-corrected chi connectivity index (χ4v) is 4.34. The van der Waals surface area contributed by atoms with Crippen LogP contribution in [0.4, 0.5) is 0 Å². The third kappa shape index (κ3) is 6.30. The van der Waals surface area contributed by atoms with Crippen molar-refractivity contribution in [2.75, 3.05) is 19.5 Å². The van der Waals surface area contributed by atoms with Crippen molar-refractivity contribution >= 4 is 39.1 Å². The van der Waals surface area contributed by atoms with E-state index in [2.05, 4.69) is 13.8 Å². The summed E-state index contributed by atoms with van der Waals surface area (Å²) in [6.07, 6.45) is 8.64. The maximum absolute atomic E-state index is 13.3. The van der Waals surface area contributed by atoms with E-state index in [-0.39, 0.29) is 21.8 Å². The summed E-state index contributed by atoms with van der Waals surface area (Å²) in [5.74, 6) is 0.0225. The molecule has 33 heavy (non-hydrogen) atoms. The topological polar surface area (TPSA) is 88.8 Å². The molecule has 3 aromatic rings. The molecule has 178 valence electrons. The van der Waals surface area contributed by atoms with Gasteiger partial charge in [-0.25, -0.2) is 4.79 Å². The molecule has 1 unspecified atom stereocenters. The Morgan fingerprint density at radius 1 is 0.970 bits per heavy atom. The van der Waals surface area contributed by atoms with E-state index in [0.717, 1.165) is 44.9 Å². The molecule has 1 atom stereocenters. The van der Waals surface area contributed by atoms with Crippen molar-refractivity contribution in [2.45, 2.75) is 63.7 Å². The van der Waals surface area contributed by atoms with Crippen molar-refractivity contribution in [1.29, 1.82) is 0 Å². The van der Waals surface area contributed by atoms with Gasteiger partial charge in [0.15, 0.2) is 10.5 Å². The van der Waals surface area contributed by atoms with Gasteiger partial charge in [-0.1, -0.05) is 46.0 Å². The Kier molecular flexibility index (Phi) is 9.21. The van der Waals surface area contributed by atoms with E-state index in [1.54, 1.807) is 30.5 Å². The Morgan fingerprint density at radius 2 is 1.70 bits per heavy atom. The molecular formula is C26H32O6S. The van der Waals surface area contributed by atoms with Gasteiger partial charge < -0.3 is 18.4 Å². The van der Waals surface area contributed by atoms with Crippen molar-refractivity contribution < 1.29 is 23.2 Å². The highest BCUT2D eigenvalue weighted by Gasteiger charge is 2.20. The van der Waals surface area contributed by atoms with E-state index < -0.39 is 17.1 Å². The quantitative estimate of drug-likeness (QED) is 0.139. The number of hydrogen-bond acceptors (Lipinski definition) is 6. The molecule has 0 radical (unpaired) electrons. The largest absolute Gasteiger partial charge is 0.612 e. The van der Waals surface area contributed by atoms with E-state index in [9.17, 15) is 14.1 Å². The fraction of sp³-hybridized carbons (Fsp3) is 0.462. The number of unbranched alkanes of at least 4 members (excludes halogenated alkanes) is 5. The third-order valence-corrected chi connectivity index (χ3v) is 6.42. The zero-order valence-corrected chi connectivity index (χ0v) is 20.4. The van der Waals surface area contributed by atoms with Crippen LogP contribution in [0.1, 0.15) is 69.2 Å². The molecule has 0 aliphatic heterocycles. The van der Waals surface area contributed by atoms with Gasteiger partial charge >= 0.3 is 5.97 Å². The van der Waals surface area contributed by atoms with Crippen molar-refractivity contribution in [1.82, 2.24) is 0 Å². The van der Waals surface area contributed by atoms with E-state index in [0.29, 0.717) is 35.0 Å². The minimum absolute atomic E-state index is 0.276. The third-order valence-electron chi connectivity index (χ3n) is 5.50. The molecule has 3 rings (SSSR count). The molecule has 0 bridgehead atoms. The van der Waals surface area contributed by atoms with Crippen molar-refractivity contribution in [2.24, 2.45) is 0 Å². The van der Waals surface area contributed by atoms with E-state index in [1.807, 2.05) is 0 Å². The summed E-state index contributed by atoms with van der Waals surface area (Å²) in [6.45, 7) is 5.10. The number of ether oxygens (including phenoxy) is 2. The summed E-state index contributed by atoms with van der Waals surface area (Å²) in [4.78, 5) is 26.2. The minimum Gasteiger partial charge on any atom is -0.612 e. The Balaban J connectivity index is 1.96. The standard InChI is InChI=1S/C26H32O6S/c1-4-6-8-10-13-30-19-16-21-24(27)20-15-18(26(28)31-14-9-7-5-2)11-12-22(20)32-25(21)23(17-19)33(3)29/h11-12,15-17H,4-10,13-14H2,1-3H3. The SMILES string of the molecule is CCCCCCOc1cc([S+](C)[O-])c2oc3ccc(C(=O)OCCCCC)cc3c(=O)c2c1. The molecule has 0 saturated carbocycles. The molecule has 0 saturated heterocycles. The zero-order valence-electron chi connectivity index (χ0n) is 19.6. The highest BCUT2D eigenvalue weighted by Crippen LogP contribution is 2.30. The van der Waals surface area contributed by atoms with Crippen LogP contribution in [0.15, 0.2) is 44.4 Å². The lowest BCUT2D eigenvalue weighted by Crippen LogP contribution is -2.10. The lowest BCUT2D eigenvalue weighted by Gasteiger charge is -2.12. The number of carbonyl (C=O) groups is 1. The molecule has 0 N–H and O–H groups in total. The monoisotopic (exact) mass is 472 g/mol. The van der Waals surface area contributed by atoms with Crippen LogP contribution in [0.25, 0.3) is 21.9 Å². The van der Waals surface area contributed by atoms with Gasteiger partial charge in [-0.05, 0) is 48.3 Å². The van der Waals surface area contributed by atoms with Crippen LogP contribution in [0.2, 0.25) is 0 Å². The highest BCUT2D eigenvalue weighted by molar-refractivity contribution is 7.91. The molecule has 6 nitrogen and oxygen atoms in total. The first-order chi connectivity index (χ1) is 16.0. The van der Waals surface area contributed by atoms with Crippen LogP contribution < -0.4 is 10.2 Å². The molecule has 0 fully saturated rings. The average molecular weight is 473 g/mol. The summed E-state index contributed by atoms with van der Waals surface area (Å²) >= 11 is -1.38. The zero-order chi connectivity index (χ0) is 23.8. The van der Waals surface area contributed by atoms with Crippen molar-refractivity contribution in [3.8, 4) is 5.75 Å². The summed E-state index contributed by atoms with van der Waals surface area (Å²) in [6, 6.07) is 7.97. The Hall–Kier alpha value is -2.51. The predicted molar refractivity (Wildman–Crippen MR) is 132 cm³/mol. The molecule has 0 spiro atoms. The second kappa shape index (κ2) is 12.1. The molecule has 2 aromatic carbocycles. The van der Waals surface area contributed by atoms with E-state index >= 15 is 0 Å². The average Bonchev–Trinajstić information content (AvgIpc) is 2.81. The van der Waals surface area contributed by atoms with Crippen molar-refractivity contribution in [3.63, 3.8) is 0 Å². The first kappa shape index (κ1) is 25.1. The van der Waals surface area contributed by atoms with Gasteiger partial charge in [0.25, 0.3) is 0 Å². The first-order valence-electron chi connectivity index (χ1n) is 11.6. The lowest BCUT2D eigenvalue weighted by molar-refractivity contribution is 0.0498. The highest BCUT2D eigenvalue weighted by atomic mass is 32.2. The van der Waals surface area contributed by atoms with Crippen LogP contribution >= 0.6 is 0 Å². The van der Waals surface area contributed by atoms with Crippen molar-refractivity contribution in [3.05, 3.63) is 46.1 Å². The maximum atomic E-state index is 13.3. The van der Waals surface area contributed by atoms with Crippen LogP contribution in [0.5, 0.6) is 5.75 Å². The molecule has 0 amide bonds. The Morgan fingerprint density at radius 3 is 2.42 bits per heavy atom. The van der Waals surface area contributed by atoms with Gasteiger partial charge in [0.2, 0.25) is 5.43 Å². The van der Waals surface area contributed by atoms with Crippen LogP contribution in [0.3, 0.4) is 0 Å². The van der Waals surface area contributed by atoms with E-state index in [1.165, 1.54) is 6.07 Å². The predicted octanol–water partition coefficient (Wildman–Crippen LogP) is 5.99. The van der Waals surface area contributed by atoms with Gasteiger partial charge in [-0.3, -0.25) is 4.79 Å². The van der Waals surface area contributed by atoms with Crippen LogP contribution in [0, 0.1) is 0 Å². The van der Waals surface area contributed by atoms with Gasteiger partial charge in [0.1, 0.15) is 17.6 Å². The molecular weight excluding hydrogens is 440 g/mol. The lowest BCUT2D eigenvalue weighted by atomic mass is 10.1. The van der Waals surface area contributed by atoms with Gasteiger partial charge in [0.05, 0.1) is 29.5 Å². The van der Waals surface area contributed by atoms with Gasteiger partial charge in [0, 0.05) is 6.07 Å². The van der Waals surface area contributed by atoms with Crippen LogP contribution in [-0.4, -0.2) is 30.0 Å². The summed E-state index contributed by atoms with van der Waals surface area (Å²) in [7, 11) is 0. The number of esters is 1. The smallest absolute Gasteiger partial charge is 0.338 e. The van der Waals surface area contributed by atoms with Gasteiger partial charge in [-0.15, -0.1) is 0 Å². The van der Waals surface area contributed by atoms with Gasteiger partial charge in [-0.2, -0.15) is 0 Å². The number of benzene rings is 2. The molecule has 0 aliphatic rings. The normalized spacial score (nSPS) is 12.2. The maximum Gasteiger partial charge on any atom is 0.338 e. The summed E-state index contributed by atoms with van der Waals surface area (Å²) < 4.78 is 29.5. The number of fused-ring (bicyclic) bond motifs is 2. The molecule has 1 heterocycles. The summed E-state index contributed by atoms with van der Waals surface area (Å²) in [5.41, 5.74) is 0.611. The Bertz CT molecular complexity index is 1150.